The first-order chi connectivity index (χ1) is 13.3. The fourth-order valence-corrected chi connectivity index (χ4v) is 4.08. The van der Waals surface area contributed by atoms with Gasteiger partial charge in [-0.1, -0.05) is 18.0 Å². The summed E-state index contributed by atoms with van der Waals surface area (Å²) in [5.74, 6) is 2.55. The zero-order valence-corrected chi connectivity index (χ0v) is 16.2. The average molecular weight is 376 g/mol. The van der Waals surface area contributed by atoms with Gasteiger partial charge in [0.05, 0.1) is 19.9 Å². The number of likely N-dealkylation sites (tertiary alicyclic amines) is 1. The van der Waals surface area contributed by atoms with E-state index in [2.05, 4.69) is 10.1 Å². The summed E-state index contributed by atoms with van der Waals surface area (Å²) in [4.78, 5) is 8.23. The lowest BCUT2D eigenvalue weighted by Gasteiger charge is -2.19. The minimum Gasteiger partial charge on any atom is -0.493 e. The Morgan fingerprint density at radius 2 is 1.85 bits per heavy atom. The van der Waals surface area contributed by atoms with E-state index in [1.807, 2.05) is 6.07 Å². The van der Waals surface area contributed by atoms with Crippen LogP contribution in [0.1, 0.15) is 37.7 Å². The van der Waals surface area contributed by atoms with Crippen molar-refractivity contribution in [3.8, 4) is 23.0 Å². The highest BCUT2D eigenvalue weighted by atomic mass is 16.7. The number of oxime groups is 1. The molecule has 27 heavy (non-hydrogen) atoms. The molecule has 4 rings (SSSR count). The molecule has 0 aliphatic carbocycles. The van der Waals surface area contributed by atoms with Crippen molar-refractivity contribution in [3.63, 3.8) is 0 Å². The maximum Gasteiger partial charge on any atom is 0.231 e. The van der Waals surface area contributed by atoms with Crippen molar-refractivity contribution in [1.82, 2.24) is 4.90 Å². The van der Waals surface area contributed by atoms with E-state index in [-0.39, 0.29) is 12.9 Å². The van der Waals surface area contributed by atoms with Crippen molar-refractivity contribution < 1.29 is 23.8 Å². The Morgan fingerprint density at radius 1 is 1.07 bits per heavy atom. The smallest absolute Gasteiger partial charge is 0.231 e. The number of methoxy groups -OCH3 is 2. The number of fused-ring (bicyclic) bond motifs is 1. The fraction of sp³-hybridized carbons (Fsp3) is 0.650. The van der Waals surface area contributed by atoms with Crippen molar-refractivity contribution in [2.75, 3.05) is 40.6 Å². The topological polar surface area (TPSA) is 61.8 Å². The molecule has 7 heteroatoms. The molecule has 0 unspecified atom stereocenters. The molecule has 1 fully saturated rings. The molecule has 1 aromatic carbocycles. The fourth-order valence-electron chi connectivity index (χ4n) is 4.08. The van der Waals surface area contributed by atoms with E-state index < -0.39 is 0 Å². The lowest BCUT2D eigenvalue weighted by atomic mass is 10.0. The molecule has 3 aliphatic heterocycles. The third kappa shape index (κ3) is 3.93. The number of ether oxygens (including phenoxy) is 4. The first-order valence-corrected chi connectivity index (χ1v) is 9.76. The molecule has 0 amide bonds. The van der Waals surface area contributed by atoms with Crippen LogP contribution in [0.3, 0.4) is 0 Å². The Kier molecular flexibility index (Phi) is 5.57. The molecule has 0 N–H and O–H groups in total. The van der Waals surface area contributed by atoms with E-state index in [9.17, 15) is 0 Å². The van der Waals surface area contributed by atoms with Gasteiger partial charge in [-0.05, 0) is 32.0 Å². The predicted octanol–water partition coefficient (Wildman–Crippen LogP) is 3.00. The molecule has 0 radical (unpaired) electrons. The Balaban J connectivity index is 1.42. The minimum atomic E-state index is 0.00551. The van der Waals surface area contributed by atoms with Gasteiger partial charge < -0.3 is 23.8 Å². The Labute approximate surface area is 160 Å². The van der Waals surface area contributed by atoms with Crippen LogP contribution in [0.4, 0.5) is 0 Å². The van der Waals surface area contributed by atoms with Crippen LogP contribution in [0.25, 0.3) is 0 Å². The largest absolute Gasteiger partial charge is 0.493 e. The van der Waals surface area contributed by atoms with Crippen LogP contribution in [0, 0.1) is 0 Å². The van der Waals surface area contributed by atoms with Crippen LogP contribution >= 0.6 is 0 Å². The van der Waals surface area contributed by atoms with E-state index in [0.29, 0.717) is 29.4 Å². The van der Waals surface area contributed by atoms with Gasteiger partial charge in [0.2, 0.25) is 18.3 Å². The maximum absolute atomic E-state index is 5.73. The molecule has 1 saturated heterocycles. The highest BCUT2D eigenvalue weighted by Gasteiger charge is 2.30. The molecule has 0 aromatic heterocycles. The number of rotatable bonds is 6. The van der Waals surface area contributed by atoms with Gasteiger partial charge in [0.1, 0.15) is 6.10 Å². The molecule has 1 atom stereocenters. The van der Waals surface area contributed by atoms with Gasteiger partial charge in [-0.25, -0.2) is 0 Å². The Hall–Kier alpha value is -2.15. The summed E-state index contributed by atoms with van der Waals surface area (Å²) < 4.78 is 22.2. The molecule has 3 aliphatic rings. The van der Waals surface area contributed by atoms with Gasteiger partial charge in [0, 0.05) is 24.9 Å². The van der Waals surface area contributed by atoms with Crippen molar-refractivity contribution >= 4 is 5.71 Å². The van der Waals surface area contributed by atoms with Crippen LogP contribution in [-0.4, -0.2) is 57.4 Å². The number of hydrogen-bond donors (Lipinski definition) is 0. The second-order valence-corrected chi connectivity index (χ2v) is 7.32. The molecular formula is C20H28N2O5. The summed E-state index contributed by atoms with van der Waals surface area (Å²) in [6.45, 7) is 3.42. The summed E-state index contributed by atoms with van der Waals surface area (Å²) in [7, 11) is 3.27. The average Bonchev–Trinajstić information content (AvgIpc) is 3.26. The third-order valence-corrected chi connectivity index (χ3v) is 5.41. The van der Waals surface area contributed by atoms with Gasteiger partial charge >= 0.3 is 0 Å². The van der Waals surface area contributed by atoms with Crippen molar-refractivity contribution in [2.45, 2.75) is 44.6 Å². The van der Waals surface area contributed by atoms with Crippen molar-refractivity contribution in [1.29, 1.82) is 0 Å². The summed E-state index contributed by atoms with van der Waals surface area (Å²) in [5, 5.41) is 4.36. The van der Waals surface area contributed by atoms with E-state index in [1.165, 1.54) is 25.7 Å². The SMILES string of the molecule is COc1cc(C[C@H]2CC(CN3CCCCCC3)=NO2)c(OC)c2c1OCO2. The molecule has 0 bridgehead atoms. The molecular weight excluding hydrogens is 348 g/mol. The number of hydrogen-bond acceptors (Lipinski definition) is 7. The van der Waals surface area contributed by atoms with E-state index in [1.54, 1.807) is 14.2 Å². The monoisotopic (exact) mass is 376 g/mol. The van der Waals surface area contributed by atoms with Crippen LogP contribution in [0.5, 0.6) is 23.0 Å². The first-order valence-electron chi connectivity index (χ1n) is 9.76. The normalized spacial score (nSPS) is 22.1. The minimum absolute atomic E-state index is 0.00551. The first kappa shape index (κ1) is 18.2. The quantitative estimate of drug-likeness (QED) is 0.761. The Morgan fingerprint density at radius 3 is 2.59 bits per heavy atom. The van der Waals surface area contributed by atoms with Crippen molar-refractivity contribution in [2.24, 2.45) is 5.16 Å². The second kappa shape index (κ2) is 8.25. The highest BCUT2D eigenvalue weighted by molar-refractivity contribution is 5.87. The highest BCUT2D eigenvalue weighted by Crippen LogP contribution is 2.49. The van der Waals surface area contributed by atoms with Crippen LogP contribution in [0.15, 0.2) is 11.2 Å². The van der Waals surface area contributed by atoms with E-state index in [4.69, 9.17) is 23.8 Å². The maximum atomic E-state index is 5.73. The van der Waals surface area contributed by atoms with E-state index >= 15 is 0 Å². The zero-order chi connectivity index (χ0) is 18.6. The van der Waals surface area contributed by atoms with Gasteiger partial charge in [-0.2, -0.15) is 0 Å². The van der Waals surface area contributed by atoms with Crippen molar-refractivity contribution in [3.05, 3.63) is 11.6 Å². The second-order valence-electron chi connectivity index (χ2n) is 7.32. The van der Waals surface area contributed by atoms with Crippen LogP contribution in [-0.2, 0) is 11.3 Å². The summed E-state index contributed by atoms with van der Waals surface area (Å²) in [6.07, 6.45) is 6.78. The number of nitrogens with zero attached hydrogens (tertiary/aromatic N) is 2. The van der Waals surface area contributed by atoms with Gasteiger partial charge in [-0.15, -0.1) is 0 Å². The lowest BCUT2D eigenvalue weighted by Crippen LogP contribution is -2.30. The van der Waals surface area contributed by atoms with Crippen LogP contribution in [0.2, 0.25) is 0 Å². The zero-order valence-electron chi connectivity index (χ0n) is 16.2. The molecule has 0 spiro atoms. The van der Waals surface area contributed by atoms with Gasteiger partial charge in [0.15, 0.2) is 11.5 Å². The number of benzene rings is 1. The molecule has 0 saturated carbocycles. The standard InChI is InChI=1S/C20H28N2O5/c1-23-17-10-14(18(24-2)20-19(17)25-13-26-20)9-16-11-15(21-27-16)12-22-7-5-3-4-6-8-22/h10,16H,3-9,11-13H2,1-2H3/t16-/m0/s1. The van der Waals surface area contributed by atoms with Gasteiger partial charge in [0.25, 0.3) is 0 Å². The van der Waals surface area contributed by atoms with Gasteiger partial charge in [-0.3, -0.25) is 4.90 Å². The lowest BCUT2D eigenvalue weighted by molar-refractivity contribution is 0.0852. The summed E-state index contributed by atoms with van der Waals surface area (Å²) in [6, 6.07) is 1.95. The third-order valence-electron chi connectivity index (χ3n) is 5.41. The molecule has 1 aromatic rings. The van der Waals surface area contributed by atoms with Crippen LogP contribution < -0.4 is 18.9 Å². The Bertz CT molecular complexity index is 698. The molecule has 7 nitrogen and oxygen atoms in total. The molecule has 148 valence electrons. The van der Waals surface area contributed by atoms with E-state index in [0.717, 1.165) is 37.3 Å². The molecule has 3 heterocycles. The summed E-state index contributed by atoms with van der Waals surface area (Å²) in [5.41, 5.74) is 2.11. The summed E-state index contributed by atoms with van der Waals surface area (Å²) >= 11 is 0. The predicted molar refractivity (Wildman–Crippen MR) is 101 cm³/mol.